The number of hydrogen-bond donors (Lipinski definition) is 2. The van der Waals surface area contributed by atoms with E-state index in [-0.39, 0.29) is 77.2 Å². The van der Waals surface area contributed by atoms with Crippen molar-refractivity contribution in [3.8, 4) is 0 Å². The van der Waals surface area contributed by atoms with Crippen LogP contribution in [0.15, 0.2) is 0 Å². The first-order valence-electron chi connectivity index (χ1n) is 0.651. The van der Waals surface area contributed by atoms with Gasteiger partial charge in [-0.15, -0.1) is 0 Å². The summed E-state index contributed by atoms with van der Waals surface area (Å²) in [7, 11) is 0. The van der Waals surface area contributed by atoms with Gasteiger partial charge in [0.15, 0.2) is 17.4 Å². The molecule has 50 valence electrons. The Hall–Kier alpha value is 1.29. The zero-order chi connectivity index (χ0) is 3.58. The number of hydrogen-bond acceptors (Lipinski definition) is 1. The molecule has 0 aromatic heterocycles. The zero-order valence-corrected chi connectivity index (χ0v) is 2.80. The van der Waals surface area contributed by atoms with Gasteiger partial charge in [-0.05, 0) is 0 Å². The maximum atomic E-state index is 8.56. The van der Waals surface area contributed by atoms with Gasteiger partial charge in [-0.1, -0.05) is 0 Å². The van der Waals surface area contributed by atoms with Crippen molar-refractivity contribution in [3.63, 3.8) is 0 Å². The molecule has 5 nitrogen and oxygen atoms in total. The van der Waals surface area contributed by atoms with Crippen LogP contribution in [0.3, 0.4) is 0 Å². The Labute approximate surface area is 96.9 Å². The van der Waals surface area contributed by atoms with Crippen molar-refractivity contribution in [2.75, 3.05) is 0 Å². The summed E-state index contributed by atoms with van der Waals surface area (Å²) in [6.07, 6.45) is -1.83. The van der Waals surface area contributed by atoms with Crippen LogP contribution in [0.4, 0.5) is 4.79 Å². The van der Waals surface area contributed by atoms with Gasteiger partial charge in [0.05, 0.1) is 0 Å². The van der Waals surface area contributed by atoms with Gasteiger partial charge in [0.2, 0.25) is 0 Å². The van der Waals surface area contributed by atoms with Gasteiger partial charge in [-0.25, -0.2) is 4.79 Å². The second kappa shape index (κ2) is 23.9. The summed E-state index contributed by atoms with van der Waals surface area (Å²) in [5.41, 5.74) is 0. The normalized spacial score (nSPS) is 3.00. The fourth-order valence-electron chi connectivity index (χ4n) is 0. The molecule has 0 heterocycles. The van der Waals surface area contributed by atoms with E-state index in [1.807, 2.05) is 0 Å². The molecule has 0 fully saturated rings. The minimum absolute atomic E-state index is 0. The van der Waals surface area contributed by atoms with Crippen molar-refractivity contribution >= 4 is 72.4 Å². The quantitative estimate of drug-likeness (QED) is 0.442. The summed E-state index contributed by atoms with van der Waals surface area (Å²) in [6.45, 7) is 0. The zero-order valence-electron chi connectivity index (χ0n) is 2.80. The molecule has 8 heavy (non-hydrogen) atoms. The molecule has 6 N–H and O–H groups in total. The molecule has 0 aliphatic carbocycles. The van der Waals surface area contributed by atoms with Gasteiger partial charge < -0.3 is 21.2 Å². The van der Waals surface area contributed by atoms with E-state index in [4.69, 9.17) is 15.0 Å². The molecule has 0 spiro atoms. The predicted octanol–water partition coefficient (Wildman–Crippen LogP) is -3.53. The summed E-state index contributed by atoms with van der Waals surface area (Å²) in [5.74, 6) is 0. The molecule has 0 aliphatic rings. The molecule has 7 heteroatoms. The summed E-state index contributed by atoms with van der Waals surface area (Å²) in [4.78, 5) is 8.56. The average Bonchev–Trinajstić information content (AvgIpc) is 0.811. The molecular formula is CH11AlBaO5. The van der Waals surface area contributed by atoms with Crippen LogP contribution in [0.25, 0.3) is 0 Å². The van der Waals surface area contributed by atoms with Crippen LogP contribution in [0.2, 0.25) is 0 Å². The van der Waals surface area contributed by atoms with Crippen LogP contribution in [-0.2, 0) is 0 Å². The molecule has 0 atom stereocenters. The van der Waals surface area contributed by atoms with E-state index in [1.165, 1.54) is 0 Å². The van der Waals surface area contributed by atoms with Crippen LogP contribution in [0, 0.1) is 0 Å². The summed E-state index contributed by atoms with van der Waals surface area (Å²) in [6, 6.07) is 0. The Balaban J connectivity index is -0.00000000750. The van der Waals surface area contributed by atoms with Gasteiger partial charge in [-0.2, -0.15) is 0 Å². The number of rotatable bonds is 0. The monoisotopic (exact) mass is 268 g/mol. The van der Waals surface area contributed by atoms with Gasteiger partial charge in [-0.3, -0.25) is 0 Å². The van der Waals surface area contributed by atoms with Gasteiger partial charge in [0.1, 0.15) is 0 Å². The van der Waals surface area contributed by atoms with Crippen molar-refractivity contribution in [1.82, 2.24) is 0 Å². The summed E-state index contributed by atoms with van der Waals surface area (Å²) < 4.78 is 0. The number of carboxylic acid groups (broad SMARTS) is 2. The van der Waals surface area contributed by atoms with Crippen molar-refractivity contribution in [3.05, 3.63) is 0 Å². The van der Waals surface area contributed by atoms with Gasteiger partial charge in [0, 0.05) is 0 Å². The topological polar surface area (TPSA) is 121 Å². The number of carbonyl (C=O) groups is 1. The molecule has 0 saturated heterocycles. The molecule has 0 aromatic carbocycles. The molecule has 0 radical (unpaired) electrons. The standard InChI is InChI=1S/CH2O3.Al.Ba.2H2O.5H/c2-1(3)4;;;;;;;;;/h(H2,2,3,4);;;2*1H2;;;;;. The second-order valence-electron chi connectivity index (χ2n) is 0.283. The third-order valence-electron chi connectivity index (χ3n) is 0. The van der Waals surface area contributed by atoms with Crippen LogP contribution in [0.5, 0.6) is 0 Å². The minimum atomic E-state index is -1.83. The average molecular weight is 267 g/mol. The first-order chi connectivity index (χ1) is 1.73. The summed E-state index contributed by atoms with van der Waals surface area (Å²) in [5, 5.41) is 13.9. The molecule has 0 unspecified atom stereocenters. The first kappa shape index (κ1) is 34.7. The maximum absolute atomic E-state index is 8.56. The SMILES string of the molecule is O.O.O=C(O)O.[AlH3].[BaH2]. The Morgan fingerprint density at radius 1 is 1.12 bits per heavy atom. The van der Waals surface area contributed by atoms with E-state index in [2.05, 4.69) is 0 Å². The van der Waals surface area contributed by atoms with Gasteiger partial charge in [0.25, 0.3) is 0 Å². The van der Waals surface area contributed by atoms with Crippen LogP contribution in [0.1, 0.15) is 0 Å². The second-order valence-corrected chi connectivity index (χ2v) is 0.283. The molecule has 0 aromatic rings. The molecule has 0 rings (SSSR count). The van der Waals surface area contributed by atoms with E-state index in [0.29, 0.717) is 0 Å². The van der Waals surface area contributed by atoms with Crippen LogP contribution >= 0.6 is 0 Å². The third-order valence-corrected chi connectivity index (χ3v) is 0. The Kier molecular flexibility index (Phi) is 104. The van der Waals surface area contributed by atoms with E-state index in [0.717, 1.165) is 0 Å². The molecular weight excluding hydrogens is 256 g/mol. The fourth-order valence-corrected chi connectivity index (χ4v) is 0. The van der Waals surface area contributed by atoms with E-state index in [9.17, 15) is 0 Å². The predicted molar refractivity (Wildman–Crippen MR) is 36.4 cm³/mol. The summed E-state index contributed by atoms with van der Waals surface area (Å²) >= 11 is 0. The molecule has 0 aliphatic heterocycles. The Morgan fingerprint density at radius 3 is 1.12 bits per heavy atom. The Bertz CT molecular complexity index is 35.4. The van der Waals surface area contributed by atoms with Gasteiger partial charge >= 0.3 is 55.0 Å². The molecule has 0 amide bonds. The van der Waals surface area contributed by atoms with Crippen molar-refractivity contribution in [1.29, 1.82) is 0 Å². The van der Waals surface area contributed by atoms with E-state index < -0.39 is 6.16 Å². The fraction of sp³-hybridized carbons (Fsp3) is 0. The van der Waals surface area contributed by atoms with Crippen molar-refractivity contribution < 1.29 is 26.0 Å². The van der Waals surface area contributed by atoms with Crippen molar-refractivity contribution in [2.24, 2.45) is 0 Å². The van der Waals surface area contributed by atoms with E-state index in [1.54, 1.807) is 0 Å². The molecule has 0 bridgehead atoms. The van der Waals surface area contributed by atoms with Crippen LogP contribution < -0.4 is 0 Å². The third kappa shape index (κ3) is 173. The molecule has 0 saturated carbocycles. The van der Waals surface area contributed by atoms with E-state index >= 15 is 0 Å². The first-order valence-corrected chi connectivity index (χ1v) is 0.651. The van der Waals surface area contributed by atoms with Crippen molar-refractivity contribution in [2.45, 2.75) is 0 Å². The Morgan fingerprint density at radius 2 is 1.12 bits per heavy atom. The van der Waals surface area contributed by atoms with Crippen LogP contribution in [-0.4, -0.2) is 93.6 Å².